The summed E-state index contributed by atoms with van der Waals surface area (Å²) < 4.78 is 6.22. The average Bonchev–Trinajstić information content (AvgIpc) is 3.45. The van der Waals surface area contributed by atoms with Gasteiger partial charge in [-0.15, -0.1) is 0 Å². The topological polar surface area (TPSA) is 61.3 Å². The lowest BCUT2D eigenvalue weighted by molar-refractivity contribution is 0.0775. The number of fused-ring (bicyclic) bond motifs is 3. The van der Waals surface area contributed by atoms with Gasteiger partial charge in [0.1, 0.15) is 11.6 Å². The molecule has 0 N–H and O–H groups in total. The van der Waals surface area contributed by atoms with E-state index in [1.807, 2.05) is 29.4 Å². The molecule has 6 rings (SSSR count). The van der Waals surface area contributed by atoms with Gasteiger partial charge in [0, 0.05) is 45.1 Å². The molecule has 0 unspecified atom stereocenters. The minimum atomic E-state index is 0.112. The molecule has 1 atom stereocenters. The fourth-order valence-electron chi connectivity index (χ4n) is 6.63. The maximum absolute atomic E-state index is 13.1. The molecule has 0 saturated carbocycles. The van der Waals surface area contributed by atoms with Gasteiger partial charge < -0.3 is 14.5 Å². The Balaban J connectivity index is 0.870. The van der Waals surface area contributed by atoms with E-state index in [1.54, 1.807) is 0 Å². The number of piperazine rings is 1. The fraction of sp³-hybridized carbons (Fsp3) is 0.514. The molecule has 1 aromatic heterocycles. The number of hydrogen-bond donors (Lipinski definition) is 0. The van der Waals surface area contributed by atoms with Gasteiger partial charge in [0.05, 0.1) is 23.9 Å². The van der Waals surface area contributed by atoms with Crippen LogP contribution in [0.1, 0.15) is 73.7 Å². The Kier molecular flexibility index (Phi) is 9.34. The maximum Gasteiger partial charge on any atom is 0.256 e. The molecule has 2 saturated heterocycles. The molecule has 0 radical (unpaired) electrons. The Hall–Kier alpha value is -3.45. The lowest BCUT2D eigenvalue weighted by atomic mass is 10.0. The van der Waals surface area contributed by atoms with Gasteiger partial charge in [0.25, 0.3) is 5.91 Å². The molecular formula is C35H45N5O2. The molecule has 222 valence electrons. The highest BCUT2D eigenvalue weighted by atomic mass is 16.5. The minimum Gasteiger partial charge on any atom is -0.493 e. The number of pyridine rings is 1. The molecule has 3 aromatic rings. The number of unbranched alkanes of at least 4 members (excludes halogenated alkanes) is 6. The molecular weight excluding hydrogens is 522 g/mol. The number of ether oxygens (including phenoxy) is 1. The Morgan fingerprint density at radius 3 is 2.48 bits per heavy atom. The standard InChI is InChI=1S/C35H45N5O2/c1-27-22-28-23-31-32(37-26-30-12-11-16-40(30)35(31)41)24-29(28)25-33(27)42-21-10-6-4-2-3-5-9-15-38-17-19-39(20-18-38)34-13-7-8-14-36-34/h7-8,13-14,22-26,30H,2-6,9-12,15-21H2,1H3/t30-/m0/s1. The molecule has 2 aromatic carbocycles. The Morgan fingerprint density at radius 2 is 1.67 bits per heavy atom. The summed E-state index contributed by atoms with van der Waals surface area (Å²) in [5.74, 6) is 2.16. The second kappa shape index (κ2) is 13.7. The van der Waals surface area contributed by atoms with Crippen molar-refractivity contribution in [2.45, 2.75) is 70.8 Å². The molecule has 0 bridgehead atoms. The number of aryl methyl sites for hydroxylation is 1. The van der Waals surface area contributed by atoms with E-state index in [2.05, 4.69) is 52.0 Å². The van der Waals surface area contributed by atoms with Crippen molar-refractivity contribution < 1.29 is 9.53 Å². The lowest BCUT2D eigenvalue weighted by Crippen LogP contribution is -2.46. The molecule has 2 fully saturated rings. The number of aliphatic imine (C=N–C) groups is 1. The van der Waals surface area contributed by atoms with Gasteiger partial charge in [0.2, 0.25) is 0 Å². The molecule has 7 nitrogen and oxygen atoms in total. The van der Waals surface area contributed by atoms with Crippen LogP contribution in [0.4, 0.5) is 11.5 Å². The van der Waals surface area contributed by atoms with Crippen LogP contribution >= 0.6 is 0 Å². The summed E-state index contributed by atoms with van der Waals surface area (Å²) in [5, 5.41) is 2.16. The molecule has 3 aliphatic heterocycles. The quantitative estimate of drug-likeness (QED) is 0.225. The van der Waals surface area contributed by atoms with Crippen molar-refractivity contribution in [3.63, 3.8) is 0 Å². The van der Waals surface area contributed by atoms with Gasteiger partial charge in [-0.1, -0.05) is 38.2 Å². The zero-order valence-electron chi connectivity index (χ0n) is 25.1. The lowest BCUT2D eigenvalue weighted by Gasteiger charge is -2.35. The van der Waals surface area contributed by atoms with Crippen LogP contribution in [-0.4, -0.2) is 78.8 Å². The summed E-state index contributed by atoms with van der Waals surface area (Å²) >= 11 is 0. The predicted molar refractivity (Wildman–Crippen MR) is 172 cm³/mol. The highest BCUT2D eigenvalue weighted by molar-refractivity contribution is 6.06. The Morgan fingerprint density at radius 1 is 0.881 bits per heavy atom. The number of amides is 1. The van der Waals surface area contributed by atoms with Crippen molar-refractivity contribution in [2.24, 2.45) is 4.99 Å². The largest absolute Gasteiger partial charge is 0.493 e. The summed E-state index contributed by atoms with van der Waals surface area (Å²) in [6.45, 7) is 9.32. The van der Waals surface area contributed by atoms with E-state index in [0.717, 1.165) is 97.7 Å². The van der Waals surface area contributed by atoms with Crippen LogP contribution in [-0.2, 0) is 0 Å². The monoisotopic (exact) mass is 567 g/mol. The zero-order chi connectivity index (χ0) is 28.7. The second-order valence-electron chi connectivity index (χ2n) is 12.2. The van der Waals surface area contributed by atoms with Crippen molar-refractivity contribution in [1.29, 1.82) is 0 Å². The average molecular weight is 568 g/mol. The Bertz CT molecular complexity index is 1380. The number of hydrogen-bond acceptors (Lipinski definition) is 6. The normalized spacial score (nSPS) is 18.8. The summed E-state index contributed by atoms with van der Waals surface area (Å²) in [4.78, 5) is 29.3. The first kappa shape index (κ1) is 28.7. The van der Waals surface area contributed by atoms with E-state index < -0.39 is 0 Å². The van der Waals surface area contributed by atoms with Crippen LogP contribution in [0.25, 0.3) is 10.8 Å². The molecule has 0 aliphatic carbocycles. The molecule has 42 heavy (non-hydrogen) atoms. The van der Waals surface area contributed by atoms with Crippen LogP contribution in [0.15, 0.2) is 53.7 Å². The van der Waals surface area contributed by atoms with Crippen molar-refractivity contribution in [1.82, 2.24) is 14.8 Å². The highest BCUT2D eigenvalue weighted by Gasteiger charge is 2.31. The fourth-order valence-corrected chi connectivity index (χ4v) is 6.63. The number of anilines is 1. The number of nitrogens with zero attached hydrogens (tertiary/aromatic N) is 5. The van der Waals surface area contributed by atoms with Crippen molar-refractivity contribution in [3.05, 3.63) is 59.8 Å². The van der Waals surface area contributed by atoms with E-state index in [0.29, 0.717) is 0 Å². The second-order valence-corrected chi connectivity index (χ2v) is 12.2. The number of benzene rings is 2. The molecule has 4 heterocycles. The number of carbonyl (C=O) groups excluding carboxylic acids is 1. The third kappa shape index (κ3) is 6.78. The third-order valence-corrected chi connectivity index (χ3v) is 9.15. The van der Waals surface area contributed by atoms with Gasteiger partial charge in [-0.05, 0) is 91.9 Å². The smallest absolute Gasteiger partial charge is 0.256 e. The zero-order valence-corrected chi connectivity index (χ0v) is 25.1. The summed E-state index contributed by atoms with van der Waals surface area (Å²) in [5.41, 5.74) is 2.61. The highest BCUT2D eigenvalue weighted by Crippen LogP contribution is 2.35. The third-order valence-electron chi connectivity index (χ3n) is 9.15. The van der Waals surface area contributed by atoms with Gasteiger partial charge in [-0.2, -0.15) is 0 Å². The minimum absolute atomic E-state index is 0.112. The van der Waals surface area contributed by atoms with Gasteiger partial charge in [0.15, 0.2) is 0 Å². The van der Waals surface area contributed by atoms with Crippen molar-refractivity contribution in [3.8, 4) is 5.75 Å². The molecule has 0 spiro atoms. The van der Waals surface area contributed by atoms with E-state index in [9.17, 15) is 4.79 Å². The first-order valence-electron chi connectivity index (χ1n) is 16.1. The first-order valence-corrected chi connectivity index (χ1v) is 16.1. The number of carbonyl (C=O) groups is 1. The van der Waals surface area contributed by atoms with E-state index in [-0.39, 0.29) is 11.9 Å². The van der Waals surface area contributed by atoms with E-state index >= 15 is 0 Å². The molecule has 3 aliphatic rings. The van der Waals surface area contributed by atoms with Crippen LogP contribution < -0.4 is 9.64 Å². The van der Waals surface area contributed by atoms with Crippen LogP contribution in [0, 0.1) is 6.92 Å². The summed E-state index contributed by atoms with van der Waals surface area (Å²) in [7, 11) is 0. The number of rotatable bonds is 12. The van der Waals surface area contributed by atoms with Crippen LogP contribution in [0.2, 0.25) is 0 Å². The van der Waals surface area contributed by atoms with Crippen molar-refractivity contribution in [2.75, 3.05) is 50.8 Å². The SMILES string of the molecule is Cc1cc2cc3c(cc2cc1OCCCCCCCCCN1CCN(c2ccccn2)CC1)N=C[C@@H]1CCCN1C3=O. The van der Waals surface area contributed by atoms with Crippen molar-refractivity contribution >= 4 is 34.4 Å². The van der Waals surface area contributed by atoms with Gasteiger partial charge in [-0.25, -0.2) is 4.98 Å². The van der Waals surface area contributed by atoms with Gasteiger partial charge >= 0.3 is 0 Å². The summed E-state index contributed by atoms with van der Waals surface area (Å²) in [6, 6.07) is 14.6. The number of aromatic nitrogens is 1. The Labute approximate surface area is 250 Å². The molecule has 7 heteroatoms. The van der Waals surface area contributed by atoms with E-state index in [1.165, 1.54) is 45.1 Å². The van der Waals surface area contributed by atoms with E-state index in [4.69, 9.17) is 9.73 Å². The predicted octanol–water partition coefficient (Wildman–Crippen LogP) is 6.80. The first-order chi connectivity index (χ1) is 20.7. The maximum atomic E-state index is 13.1. The van der Waals surface area contributed by atoms with Gasteiger partial charge in [-0.3, -0.25) is 14.7 Å². The van der Waals surface area contributed by atoms with Crippen LogP contribution in [0.3, 0.4) is 0 Å². The molecule has 1 amide bonds. The van der Waals surface area contributed by atoms with Crippen LogP contribution in [0.5, 0.6) is 5.75 Å². The summed E-state index contributed by atoms with van der Waals surface area (Å²) in [6.07, 6.45) is 14.7.